The van der Waals surface area contributed by atoms with Gasteiger partial charge in [-0.2, -0.15) is 0 Å². The molecule has 0 aliphatic carbocycles. The quantitative estimate of drug-likeness (QED) is 0.211. The van der Waals surface area contributed by atoms with E-state index >= 15 is 0 Å². The smallest absolute Gasteiger partial charge is 0.157 e. The van der Waals surface area contributed by atoms with Gasteiger partial charge in [-0.1, -0.05) is 78.6 Å². The van der Waals surface area contributed by atoms with Gasteiger partial charge in [0, 0.05) is 13.2 Å². The summed E-state index contributed by atoms with van der Waals surface area (Å²) in [7, 11) is 0. The van der Waals surface area contributed by atoms with Crippen molar-refractivity contribution in [3.63, 3.8) is 0 Å². The second kappa shape index (κ2) is 19.9. The van der Waals surface area contributed by atoms with Crippen LogP contribution in [0.4, 0.5) is 0 Å². The maximum Gasteiger partial charge on any atom is 0.157 e. The molecule has 0 amide bonds. The van der Waals surface area contributed by atoms with Gasteiger partial charge in [-0.05, 0) is 19.3 Å². The minimum absolute atomic E-state index is 0.0423. The Balaban J connectivity index is 3.42. The molecular weight excluding hydrogens is 288 g/mol. The molecule has 0 heterocycles. The van der Waals surface area contributed by atoms with Crippen LogP contribution in [-0.2, 0) is 14.2 Å². The van der Waals surface area contributed by atoms with Crippen LogP contribution in [0.1, 0.15) is 97.8 Å². The molecule has 0 aliphatic rings. The van der Waals surface area contributed by atoms with Crippen molar-refractivity contribution in [3.8, 4) is 0 Å². The normalized spacial score (nSPS) is 12.7. The molecule has 0 saturated heterocycles. The molecule has 140 valence electrons. The monoisotopic (exact) mass is 330 g/mol. The van der Waals surface area contributed by atoms with Gasteiger partial charge in [0.15, 0.2) is 6.29 Å². The summed E-state index contributed by atoms with van der Waals surface area (Å²) >= 11 is 0. The molecule has 0 fully saturated rings. The highest BCUT2D eigenvalue weighted by molar-refractivity contribution is 4.47. The number of hydrogen-bond acceptors (Lipinski definition) is 3. The second-order valence-electron chi connectivity index (χ2n) is 6.40. The van der Waals surface area contributed by atoms with Gasteiger partial charge in [0.25, 0.3) is 0 Å². The fraction of sp³-hybridized carbons (Fsp3) is 1.00. The Bertz CT molecular complexity index is 209. The van der Waals surface area contributed by atoms with E-state index in [2.05, 4.69) is 20.8 Å². The molecule has 0 N–H and O–H groups in total. The summed E-state index contributed by atoms with van der Waals surface area (Å²) in [4.78, 5) is 0. The largest absolute Gasteiger partial charge is 0.379 e. The maximum absolute atomic E-state index is 5.86. The predicted molar refractivity (Wildman–Crippen MR) is 98.9 cm³/mol. The molecule has 0 bridgehead atoms. The molecule has 0 rings (SSSR count). The van der Waals surface area contributed by atoms with Crippen LogP contribution >= 0.6 is 0 Å². The van der Waals surface area contributed by atoms with Gasteiger partial charge < -0.3 is 14.2 Å². The van der Waals surface area contributed by atoms with E-state index < -0.39 is 0 Å². The van der Waals surface area contributed by atoms with E-state index in [4.69, 9.17) is 14.2 Å². The maximum atomic E-state index is 5.86. The average molecular weight is 331 g/mol. The van der Waals surface area contributed by atoms with E-state index in [1.807, 2.05) is 0 Å². The van der Waals surface area contributed by atoms with Crippen molar-refractivity contribution in [2.75, 3.05) is 26.4 Å². The fourth-order valence-electron chi connectivity index (χ4n) is 2.52. The highest BCUT2D eigenvalue weighted by atomic mass is 16.7. The zero-order chi connectivity index (χ0) is 17.0. The summed E-state index contributed by atoms with van der Waals surface area (Å²) in [6, 6.07) is 0. The van der Waals surface area contributed by atoms with Crippen LogP contribution in [0.2, 0.25) is 0 Å². The lowest BCUT2D eigenvalue weighted by atomic mass is 10.2. The summed E-state index contributed by atoms with van der Waals surface area (Å²) in [5, 5.41) is 0. The fourth-order valence-corrected chi connectivity index (χ4v) is 2.52. The summed E-state index contributed by atoms with van der Waals surface area (Å²) in [6.45, 7) is 9.69. The first-order valence-electron chi connectivity index (χ1n) is 10.2. The Kier molecular flexibility index (Phi) is 19.8. The van der Waals surface area contributed by atoms with Crippen molar-refractivity contribution in [2.24, 2.45) is 0 Å². The molecule has 0 aliphatic heterocycles. The minimum atomic E-state index is -0.0423. The summed E-state index contributed by atoms with van der Waals surface area (Å²) in [6.07, 6.45) is 14.8. The van der Waals surface area contributed by atoms with Crippen LogP contribution in [0.3, 0.4) is 0 Å². The predicted octanol–water partition coefficient (Wildman–Crippen LogP) is 6.10. The Morgan fingerprint density at radius 3 is 1.70 bits per heavy atom. The topological polar surface area (TPSA) is 27.7 Å². The van der Waals surface area contributed by atoms with Crippen molar-refractivity contribution in [3.05, 3.63) is 0 Å². The molecule has 0 aromatic carbocycles. The van der Waals surface area contributed by atoms with Crippen LogP contribution < -0.4 is 0 Å². The van der Waals surface area contributed by atoms with E-state index in [1.54, 1.807) is 0 Å². The number of rotatable bonds is 19. The summed E-state index contributed by atoms with van der Waals surface area (Å²) < 4.78 is 17.3. The van der Waals surface area contributed by atoms with Crippen molar-refractivity contribution in [2.45, 2.75) is 104 Å². The molecular formula is C20H42O3. The Hall–Kier alpha value is -0.120. The van der Waals surface area contributed by atoms with E-state index in [1.165, 1.54) is 57.8 Å². The SMILES string of the molecule is CCCCCCCOCCOC(CCC)OCCCCCCC. The molecule has 0 saturated carbocycles. The van der Waals surface area contributed by atoms with Crippen LogP contribution in [0.15, 0.2) is 0 Å². The van der Waals surface area contributed by atoms with E-state index in [-0.39, 0.29) is 6.29 Å². The lowest BCUT2D eigenvalue weighted by Gasteiger charge is -2.18. The molecule has 0 aromatic heterocycles. The molecule has 0 radical (unpaired) electrons. The average Bonchev–Trinajstić information content (AvgIpc) is 2.56. The van der Waals surface area contributed by atoms with Gasteiger partial charge in [-0.3, -0.25) is 0 Å². The van der Waals surface area contributed by atoms with Gasteiger partial charge in [-0.15, -0.1) is 0 Å². The lowest BCUT2D eigenvalue weighted by molar-refractivity contribution is -0.154. The van der Waals surface area contributed by atoms with Crippen molar-refractivity contribution in [1.29, 1.82) is 0 Å². The second-order valence-corrected chi connectivity index (χ2v) is 6.40. The number of ether oxygens (including phenoxy) is 3. The van der Waals surface area contributed by atoms with Gasteiger partial charge in [0.2, 0.25) is 0 Å². The van der Waals surface area contributed by atoms with Gasteiger partial charge >= 0.3 is 0 Å². The highest BCUT2D eigenvalue weighted by Crippen LogP contribution is 2.08. The first kappa shape index (κ1) is 22.9. The molecule has 1 unspecified atom stereocenters. The number of hydrogen-bond donors (Lipinski definition) is 0. The Labute approximate surface area is 145 Å². The van der Waals surface area contributed by atoms with E-state index in [0.717, 1.165) is 32.5 Å². The lowest BCUT2D eigenvalue weighted by Crippen LogP contribution is -2.20. The third-order valence-electron chi connectivity index (χ3n) is 4.00. The van der Waals surface area contributed by atoms with E-state index in [0.29, 0.717) is 13.2 Å². The van der Waals surface area contributed by atoms with Gasteiger partial charge in [0.1, 0.15) is 0 Å². The molecule has 3 heteroatoms. The Morgan fingerprint density at radius 1 is 0.522 bits per heavy atom. The van der Waals surface area contributed by atoms with Crippen LogP contribution in [0, 0.1) is 0 Å². The summed E-state index contributed by atoms with van der Waals surface area (Å²) in [5.74, 6) is 0. The molecule has 3 nitrogen and oxygen atoms in total. The first-order valence-corrected chi connectivity index (χ1v) is 10.2. The van der Waals surface area contributed by atoms with Crippen molar-refractivity contribution < 1.29 is 14.2 Å². The van der Waals surface area contributed by atoms with Crippen molar-refractivity contribution in [1.82, 2.24) is 0 Å². The van der Waals surface area contributed by atoms with Crippen LogP contribution in [0.25, 0.3) is 0 Å². The van der Waals surface area contributed by atoms with Crippen LogP contribution in [0.5, 0.6) is 0 Å². The van der Waals surface area contributed by atoms with Gasteiger partial charge in [-0.25, -0.2) is 0 Å². The highest BCUT2D eigenvalue weighted by Gasteiger charge is 2.07. The number of unbranched alkanes of at least 4 members (excludes halogenated alkanes) is 8. The molecule has 0 aromatic rings. The Morgan fingerprint density at radius 2 is 1.09 bits per heavy atom. The third-order valence-corrected chi connectivity index (χ3v) is 4.00. The summed E-state index contributed by atoms with van der Waals surface area (Å²) in [5.41, 5.74) is 0. The third kappa shape index (κ3) is 18.1. The standard InChI is InChI=1S/C20H42O3/c1-4-7-9-11-13-16-21-18-19-23-20(15-6-3)22-17-14-12-10-8-5-2/h20H,4-19H2,1-3H3. The van der Waals surface area contributed by atoms with Crippen molar-refractivity contribution >= 4 is 0 Å². The zero-order valence-corrected chi connectivity index (χ0v) is 16.1. The first-order chi connectivity index (χ1) is 11.3. The minimum Gasteiger partial charge on any atom is -0.379 e. The van der Waals surface area contributed by atoms with Gasteiger partial charge in [0.05, 0.1) is 13.2 Å². The molecule has 1 atom stereocenters. The molecule has 23 heavy (non-hydrogen) atoms. The molecule has 0 spiro atoms. The van der Waals surface area contributed by atoms with Crippen LogP contribution in [-0.4, -0.2) is 32.7 Å². The van der Waals surface area contributed by atoms with E-state index in [9.17, 15) is 0 Å². The zero-order valence-electron chi connectivity index (χ0n) is 16.1.